The van der Waals surface area contributed by atoms with Gasteiger partial charge in [-0.05, 0) is 11.5 Å². The zero-order chi connectivity index (χ0) is 10.7. The van der Waals surface area contributed by atoms with Gasteiger partial charge >= 0.3 is 5.70 Å². The second-order valence-corrected chi connectivity index (χ2v) is 3.07. The summed E-state index contributed by atoms with van der Waals surface area (Å²) in [5, 5.41) is 17.9. The van der Waals surface area contributed by atoms with Crippen molar-refractivity contribution in [2.24, 2.45) is 0 Å². The van der Waals surface area contributed by atoms with Gasteiger partial charge in [0.2, 0.25) is 0 Å². The topological polar surface area (TPSA) is 51.5 Å². The molecule has 0 aliphatic heterocycles. The second-order valence-electron chi connectivity index (χ2n) is 3.07. The Kier molecular flexibility index (Phi) is 2.28. The van der Waals surface area contributed by atoms with Gasteiger partial charge in [0.05, 0.1) is 5.87 Å². The monoisotopic (exact) mass is 194 g/mol. The minimum absolute atomic E-state index is 0.181. The molecule has 15 heavy (non-hydrogen) atoms. The Labute approximate surface area is 87.0 Å². The van der Waals surface area contributed by atoms with Crippen molar-refractivity contribution < 1.29 is 4.57 Å². The number of rotatable bonds is 1. The molecule has 0 spiro atoms. The Morgan fingerprint density at radius 3 is 2.60 bits per heavy atom. The van der Waals surface area contributed by atoms with Gasteiger partial charge in [-0.1, -0.05) is 18.2 Å². The lowest BCUT2D eigenvalue weighted by molar-refractivity contribution is -0.574. The molecule has 0 bridgehead atoms. The average molecular weight is 194 g/mol. The van der Waals surface area contributed by atoms with Crippen LogP contribution in [0.3, 0.4) is 0 Å². The number of nitrogens with one attached hydrogen (secondary N) is 1. The number of pyridine rings is 1. The molecule has 3 nitrogen and oxygen atoms in total. The van der Waals surface area contributed by atoms with E-state index in [2.05, 4.69) is 5.87 Å². The number of aromatic nitrogens is 1. The molecule has 0 fully saturated rings. The maximum absolute atomic E-state index is 8.76. The Hall–Kier alpha value is -2.43. The van der Waals surface area contributed by atoms with Crippen LogP contribution < -0.4 is 4.57 Å². The minimum Gasteiger partial charge on any atom is -0.252 e. The molecule has 0 unspecified atom stereocenters. The zero-order valence-corrected chi connectivity index (χ0v) is 7.94. The molecule has 3 heteroatoms. The van der Waals surface area contributed by atoms with Gasteiger partial charge in [0.1, 0.15) is 0 Å². The number of hydrogen-bond acceptors (Lipinski definition) is 2. The van der Waals surface area contributed by atoms with E-state index in [0.29, 0.717) is 0 Å². The van der Waals surface area contributed by atoms with Crippen molar-refractivity contribution in [2.45, 2.75) is 0 Å². The van der Waals surface area contributed by atoms with Crippen molar-refractivity contribution in [1.29, 1.82) is 10.7 Å². The highest BCUT2D eigenvalue weighted by molar-refractivity contribution is 5.83. The van der Waals surface area contributed by atoms with Gasteiger partial charge in [0.25, 0.3) is 0 Å². The predicted octanol–water partition coefficient (Wildman–Crippen LogP) is 1.74. The van der Waals surface area contributed by atoms with Crippen LogP contribution in [0.2, 0.25) is 0 Å². The van der Waals surface area contributed by atoms with Gasteiger partial charge in [-0.3, -0.25) is 5.41 Å². The first-order valence-electron chi connectivity index (χ1n) is 4.45. The van der Waals surface area contributed by atoms with E-state index in [4.69, 9.17) is 10.7 Å². The highest BCUT2D eigenvalue weighted by Gasteiger charge is 2.08. The number of benzene rings is 1. The van der Waals surface area contributed by atoms with E-state index >= 15 is 0 Å². The van der Waals surface area contributed by atoms with E-state index in [1.54, 1.807) is 10.8 Å². The molecule has 0 aliphatic carbocycles. The summed E-state index contributed by atoms with van der Waals surface area (Å²) >= 11 is 0. The van der Waals surface area contributed by atoms with Gasteiger partial charge in [-0.2, -0.15) is 5.26 Å². The summed E-state index contributed by atoms with van der Waals surface area (Å²) in [5.41, 5.74) is 0.181. The Morgan fingerprint density at radius 1 is 1.20 bits per heavy atom. The van der Waals surface area contributed by atoms with Crippen molar-refractivity contribution in [3.05, 3.63) is 42.7 Å². The number of hydrogen-bond donors (Lipinski definition) is 1. The standard InChI is InChI=1S/C12H8N3/c13-7-12(8-14)15-6-5-10-3-1-2-4-11(10)9-15/h1-6,9,13H/q+1. The summed E-state index contributed by atoms with van der Waals surface area (Å²) in [4.78, 5) is 0. The molecule has 0 aliphatic rings. The number of nitrogens with zero attached hydrogens (tertiary/aromatic N) is 2. The maximum atomic E-state index is 8.76. The number of nitriles is 1. The fourth-order valence-electron chi connectivity index (χ4n) is 1.42. The summed E-state index contributed by atoms with van der Waals surface area (Å²) in [7, 11) is 0. The molecule has 1 aromatic carbocycles. The third-order valence-electron chi connectivity index (χ3n) is 2.17. The van der Waals surface area contributed by atoms with Crippen LogP contribution in [0.15, 0.2) is 42.7 Å². The first kappa shape index (κ1) is 9.14. The molecule has 1 N–H and O–H groups in total. The van der Waals surface area contributed by atoms with Crippen molar-refractivity contribution in [3.63, 3.8) is 0 Å². The first-order valence-corrected chi connectivity index (χ1v) is 4.45. The van der Waals surface area contributed by atoms with Gasteiger partial charge in [-0.15, -0.1) is 4.57 Å². The van der Waals surface area contributed by atoms with E-state index in [9.17, 15) is 0 Å². The predicted molar refractivity (Wildman–Crippen MR) is 57.2 cm³/mol. The van der Waals surface area contributed by atoms with E-state index in [0.717, 1.165) is 10.8 Å². The highest BCUT2D eigenvalue weighted by Crippen LogP contribution is 2.09. The quantitative estimate of drug-likeness (QED) is 0.419. The molecule has 70 valence electrons. The summed E-state index contributed by atoms with van der Waals surface area (Å²) in [5.74, 6) is 2.10. The fraction of sp³-hybridized carbons (Fsp3) is 0. The molecular formula is C12H8N3+. The first-order chi connectivity index (χ1) is 7.35. The molecule has 2 rings (SSSR count). The molecule has 1 aromatic heterocycles. The van der Waals surface area contributed by atoms with Crippen LogP contribution in [0.5, 0.6) is 0 Å². The summed E-state index contributed by atoms with van der Waals surface area (Å²) in [6.07, 6.45) is 3.57. The lowest BCUT2D eigenvalue weighted by atomic mass is 10.2. The van der Waals surface area contributed by atoms with Gasteiger partial charge in [0, 0.05) is 11.5 Å². The van der Waals surface area contributed by atoms with Gasteiger partial charge in [-0.25, -0.2) is 0 Å². The second kappa shape index (κ2) is 3.75. The zero-order valence-electron chi connectivity index (χ0n) is 7.94. The Morgan fingerprint density at radius 2 is 1.93 bits per heavy atom. The molecule has 0 radical (unpaired) electrons. The number of fused-ring (bicyclic) bond motifs is 1. The minimum atomic E-state index is 0.181. The van der Waals surface area contributed by atoms with Crippen LogP contribution in [0.25, 0.3) is 16.5 Å². The third kappa shape index (κ3) is 1.62. The van der Waals surface area contributed by atoms with Gasteiger partial charge in [0.15, 0.2) is 18.5 Å². The summed E-state index contributed by atoms with van der Waals surface area (Å²) in [6, 6.07) is 11.7. The summed E-state index contributed by atoms with van der Waals surface area (Å²) < 4.78 is 1.59. The van der Waals surface area contributed by atoms with Crippen LogP contribution in [0.1, 0.15) is 0 Å². The Balaban J connectivity index is 2.67. The average Bonchev–Trinajstić information content (AvgIpc) is 2.30. The van der Waals surface area contributed by atoms with Crippen molar-refractivity contribution in [3.8, 4) is 6.07 Å². The molecule has 0 amide bonds. The van der Waals surface area contributed by atoms with E-state index in [1.165, 1.54) is 0 Å². The van der Waals surface area contributed by atoms with Crippen molar-refractivity contribution >= 4 is 22.3 Å². The van der Waals surface area contributed by atoms with E-state index in [-0.39, 0.29) is 5.70 Å². The molecule has 0 saturated heterocycles. The van der Waals surface area contributed by atoms with Gasteiger partial charge < -0.3 is 0 Å². The smallest absolute Gasteiger partial charge is 0.252 e. The largest absolute Gasteiger partial charge is 0.351 e. The lowest BCUT2D eigenvalue weighted by Gasteiger charge is -1.94. The number of allylic oxidation sites excluding steroid dienone is 1. The van der Waals surface area contributed by atoms with Crippen LogP contribution >= 0.6 is 0 Å². The lowest BCUT2D eigenvalue weighted by Crippen LogP contribution is -2.30. The normalized spacial score (nSPS) is 9.27. The highest BCUT2D eigenvalue weighted by atomic mass is 14.9. The van der Waals surface area contributed by atoms with Crippen molar-refractivity contribution in [2.75, 3.05) is 0 Å². The van der Waals surface area contributed by atoms with Crippen LogP contribution in [-0.4, -0.2) is 5.87 Å². The SMILES string of the molecule is N#CC(=C=N)[n+]1ccc2ccccc2c1. The fourth-order valence-corrected chi connectivity index (χ4v) is 1.42. The molecular weight excluding hydrogens is 186 g/mol. The molecule has 0 atom stereocenters. The molecule has 1 heterocycles. The van der Waals surface area contributed by atoms with Crippen LogP contribution in [0, 0.1) is 16.7 Å². The van der Waals surface area contributed by atoms with Crippen molar-refractivity contribution in [1.82, 2.24) is 0 Å². The summed E-state index contributed by atoms with van der Waals surface area (Å²) in [6.45, 7) is 0. The maximum Gasteiger partial charge on any atom is 0.351 e. The van der Waals surface area contributed by atoms with Crippen LogP contribution in [0.4, 0.5) is 0 Å². The van der Waals surface area contributed by atoms with Crippen LogP contribution in [-0.2, 0) is 0 Å². The Bertz CT molecular complexity index is 602. The third-order valence-corrected chi connectivity index (χ3v) is 2.17. The van der Waals surface area contributed by atoms with E-state index in [1.807, 2.05) is 42.6 Å². The molecule has 0 saturated carbocycles. The van der Waals surface area contributed by atoms with E-state index < -0.39 is 0 Å². The molecule has 2 aromatic rings.